The number of benzene rings is 1. The van der Waals surface area contributed by atoms with Gasteiger partial charge in [0.05, 0.1) is 24.2 Å². The molecular weight excluding hydrogens is 295 g/mol. The van der Waals surface area contributed by atoms with E-state index in [9.17, 15) is 14.3 Å². The molecule has 0 spiro atoms. The van der Waals surface area contributed by atoms with Crippen LogP contribution in [0.5, 0.6) is 0 Å². The van der Waals surface area contributed by atoms with E-state index < -0.39 is 5.41 Å². The fraction of sp³-hybridized carbons (Fsp3) is 0.333. The number of hydrogen-bond donors (Lipinski definition) is 1. The molecule has 5 heteroatoms. The quantitative estimate of drug-likeness (QED) is 0.927. The molecule has 2 aliphatic rings. The van der Waals surface area contributed by atoms with Crippen LogP contribution in [0.1, 0.15) is 30.5 Å². The van der Waals surface area contributed by atoms with Crippen molar-refractivity contribution in [1.82, 2.24) is 9.78 Å². The first-order chi connectivity index (χ1) is 11.1. The third kappa shape index (κ3) is 2.23. The summed E-state index contributed by atoms with van der Waals surface area (Å²) in [6, 6.07) is 6.21. The van der Waals surface area contributed by atoms with Gasteiger partial charge >= 0.3 is 0 Å². The Labute approximate surface area is 133 Å². The molecular formula is C18H17FN2O2. The number of carbonyl (C=O) groups is 1. The number of ketones is 1. The third-order valence-corrected chi connectivity index (χ3v) is 4.99. The van der Waals surface area contributed by atoms with Crippen molar-refractivity contribution in [2.75, 3.05) is 6.61 Å². The lowest BCUT2D eigenvalue weighted by Gasteiger charge is -2.40. The Morgan fingerprint density at radius 1 is 1.22 bits per heavy atom. The van der Waals surface area contributed by atoms with Gasteiger partial charge in [0, 0.05) is 18.3 Å². The topological polar surface area (TPSA) is 55.1 Å². The lowest BCUT2D eigenvalue weighted by Crippen LogP contribution is -2.38. The molecule has 4 nitrogen and oxygen atoms in total. The van der Waals surface area contributed by atoms with Gasteiger partial charge in [0.1, 0.15) is 11.6 Å². The smallest absolute Gasteiger partial charge is 0.134 e. The van der Waals surface area contributed by atoms with Gasteiger partial charge in [-0.25, -0.2) is 9.07 Å². The Kier molecular flexibility index (Phi) is 3.20. The fourth-order valence-corrected chi connectivity index (χ4v) is 3.73. The van der Waals surface area contributed by atoms with Gasteiger partial charge in [-0.3, -0.25) is 4.79 Å². The summed E-state index contributed by atoms with van der Waals surface area (Å²) in [5.74, 6) is -0.0659. The van der Waals surface area contributed by atoms with Crippen LogP contribution in [0.3, 0.4) is 0 Å². The molecule has 1 aromatic heterocycles. The summed E-state index contributed by atoms with van der Waals surface area (Å²) < 4.78 is 14.9. The predicted molar refractivity (Wildman–Crippen MR) is 83.6 cm³/mol. The summed E-state index contributed by atoms with van der Waals surface area (Å²) in [6.07, 6.45) is 6.08. The van der Waals surface area contributed by atoms with E-state index in [0.29, 0.717) is 25.7 Å². The average Bonchev–Trinajstić information content (AvgIpc) is 2.95. The van der Waals surface area contributed by atoms with E-state index in [1.165, 1.54) is 12.1 Å². The molecule has 0 aliphatic heterocycles. The number of hydrogen-bond acceptors (Lipinski definition) is 3. The van der Waals surface area contributed by atoms with E-state index in [0.717, 1.165) is 22.5 Å². The van der Waals surface area contributed by atoms with Crippen molar-refractivity contribution in [3.8, 4) is 5.69 Å². The Bertz CT molecular complexity index is 807. The lowest BCUT2D eigenvalue weighted by molar-refractivity contribution is -0.123. The zero-order chi connectivity index (χ0) is 16.0. The van der Waals surface area contributed by atoms with Crippen molar-refractivity contribution < 1.29 is 14.3 Å². The Balaban J connectivity index is 1.80. The van der Waals surface area contributed by atoms with Crippen LogP contribution < -0.4 is 0 Å². The highest BCUT2D eigenvalue weighted by molar-refractivity contribution is 5.83. The van der Waals surface area contributed by atoms with E-state index in [-0.39, 0.29) is 18.2 Å². The van der Waals surface area contributed by atoms with Gasteiger partial charge in [-0.15, -0.1) is 0 Å². The van der Waals surface area contributed by atoms with Crippen molar-refractivity contribution in [3.05, 3.63) is 53.1 Å². The number of aliphatic hydroxyl groups excluding tert-OH is 1. The van der Waals surface area contributed by atoms with Gasteiger partial charge in [-0.2, -0.15) is 5.10 Å². The molecule has 0 amide bonds. The summed E-state index contributed by atoms with van der Waals surface area (Å²) in [5.41, 5.74) is 3.44. The Hall–Kier alpha value is -2.27. The normalized spacial score (nSPS) is 23.2. The summed E-state index contributed by atoms with van der Waals surface area (Å²) in [6.45, 7) is -0.0221. The zero-order valence-electron chi connectivity index (χ0n) is 12.6. The van der Waals surface area contributed by atoms with Crippen LogP contribution in [0.15, 0.2) is 36.0 Å². The number of aliphatic hydroxyl groups is 1. The van der Waals surface area contributed by atoms with Gasteiger partial charge in [-0.1, -0.05) is 5.57 Å². The highest BCUT2D eigenvalue weighted by atomic mass is 19.1. The highest BCUT2D eigenvalue weighted by Crippen LogP contribution is 2.46. The van der Waals surface area contributed by atoms with Crippen molar-refractivity contribution >= 4 is 11.9 Å². The molecule has 1 unspecified atom stereocenters. The lowest BCUT2D eigenvalue weighted by atomic mass is 9.64. The molecule has 1 N–H and O–H groups in total. The first-order valence-electron chi connectivity index (χ1n) is 7.78. The van der Waals surface area contributed by atoms with Crippen LogP contribution >= 0.6 is 0 Å². The number of halogens is 1. The van der Waals surface area contributed by atoms with Crippen molar-refractivity contribution in [2.24, 2.45) is 5.41 Å². The van der Waals surface area contributed by atoms with E-state index in [2.05, 4.69) is 11.2 Å². The molecule has 1 saturated carbocycles. The number of fused-ring (bicyclic) bond motifs is 2. The Morgan fingerprint density at radius 3 is 2.74 bits per heavy atom. The second-order valence-corrected chi connectivity index (χ2v) is 6.44. The minimum atomic E-state index is -0.459. The van der Waals surface area contributed by atoms with Crippen LogP contribution in [0, 0.1) is 11.2 Å². The van der Waals surface area contributed by atoms with Crippen molar-refractivity contribution in [3.63, 3.8) is 0 Å². The fourth-order valence-electron chi connectivity index (χ4n) is 3.73. The van der Waals surface area contributed by atoms with Gasteiger partial charge in [-0.05, 0) is 48.7 Å². The molecule has 1 atom stereocenters. The molecule has 1 fully saturated rings. The zero-order valence-corrected chi connectivity index (χ0v) is 12.6. The molecule has 4 rings (SSSR count). The van der Waals surface area contributed by atoms with Crippen LogP contribution in [-0.2, 0) is 11.2 Å². The van der Waals surface area contributed by atoms with E-state index in [1.54, 1.807) is 23.0 Å². The number of Topliss-reactive ketones (excluding diaryl/α,β-unsaturated/α-hetero) is 1. The van der Waals surface area contributed by atoms with E-state index in [1.807, 2.05) is 0 Å². The number of aromatic nitrogens is 2. The second-order valence-electron chi connectivity index (χ2n) is 6.44. The van der Waals surface area contributed by atoms with Crippen molar-refractivity contribution in [2.45, 2.75) is 25.7 Å². The van der Waals surface area contributed by atoms with E-state index >= 15 is 0 Å². The SMILES string of the molecule is O=C1CCC2=Cc3c(cnn3-c3ccc(F)cc3)CC2(CO)C1. The molecule has 0 radical (unpaired) electrons. The number of nitrogens with zero attached hydrogens (tertiary/aromatic N) is 2. The maximum Gasteiger partial charge on any atom is 0.134 e. The number of carbonyl (C=O) groups excluding carboxylic acids is 1. The first-order valence-corrected chi connectivity index (χ1v) is 7.78. The average molecular weight is 312 g/mol. The molecule has 1 heterocycles. The maximum atomic E-state index is 13.1. The van der Waals surface area contributed by atoms with Crippen molar-refractivity contribution in [1.29, 1.82) is 0 Å². The molecule has 118 valence electrons. The predicted octanol–water partition coefficient (Wildman–Crippen LogP) is 2.68. The van der Waals surface area contributed by atoms with Gasteiger partial charge < -0.3 is 5.11 Å². The Morgan fingerprint density at radius 2 is 2.00 bits per heavy atom. The van der Waals surface area contributed by atoms with Crippen LogP contribution in [0.25, 0.3) is 11.8 Å². The van der Waals surface area contributed by atoms with E-state index in [4.69, 9.17) is 0 Å². The van der Waals surface area contributed by atoms with Crippen LogP contribution in [0.2, 0.25) is 0 Å². The molecule has 0 saturated heterocycles. The molecule has 2 aliphatic carbocycles. The minimum Gasteiger partial charge on any atom is -0.395 e. The van der Waals surface area contributed by atoms with Crippen LogP contribution in [-0.4, -0.2) is 27.3 Å². The molecule has 23 heavy (non-hydrogen) atoms. The first kappa shape index (κ1) is 14.3. The molecule has 0 bridgehead atoms. The second kappa shape index (κ2) is 5.13. The molecule has 1 aromatic carbocycles. The summed E-state index contributed by atoms with van der Waals surface area (Å²) in [5, 5.41) is 14.3. The third-order valence-electron chi connectivity index (χ3n) is 4.99. The summed E-state index contributed by atoms with van der Waals surface area (Å²) >= 11 is 0. The van der Waals surface area contributed by atoms with Crippen LogP contribution in [0.4, 0.5) is 4.39 Å². The maximum absolute atomic E-state index is 13.1. The van der Waals surface area contributed by atoms with Gasteiger partial charge in [0.15, 0.2) is 0 Å². The van der Waals surface area contributed by atoms with Gasteiger partial charge in [0.25, 0.3) is 0 Å². The summed E-state index contributed by atoms with van der Waals surface area (Å²) in [4.78, 5) is 11.9. The highest BCUT2D eigenvalue weighted by Gasteiger charge is 2.42. The van der Waals surface area contributed by atoms with Gasteiger partial charge in [0.2, 0.25) is 0 Å². The number of rotatable bonds is 2. The summed E-state index contributed by atoms with van der Waals surface area (Å²) in [7, 11) is 0. The largest absolute Gasteiger partial charge is 0.395 e. The standard InChI is InChI=1S/C18H17FN2O2/c19-14-2-4-15(5-3-14)21-17-7-13-1-6-16(23)9-18(13,11-22)8-12(17)10-20-21/h2-5,7,10,22H,1,6,8-9,11H2. The monoisotopic (exact) mass is 312 g/mol. The minimum absolute atomic E-state index is 0.0221. The molecule has 2 aromatic rings.